The van der Waals surface area contributed by atoms with Gasteiger partial charge < -0.3 is 5.73 Å². The number of benzene rings is 1. The van der Waals surface area contributed by atoms with Gasteiger partial charge in [-0.15, -0.1) is 10.2 Å². The number of aromatic nitrogens is 2. The number of alkyl halides is 3. The molecule has 18 heavy (non-hydrogen) atoms. The predicted molar refractivity (Wildman–Crippen MR) is 62.9 cm³/mol. The Morgan fingerprint density at radius 3 is 2.44 bits per heavy atom. The summed E-state index contributed by atoms with van der Waals surface area (Å²) in [5.41, 5.74) is 4.94. The third kappa shape index (κ3) is 2.51. The number of rotatable bonds is 2. The highest BCUT2D eigenvalue weighted by Crippen LogP contribution is 2.38. The van der Waals surface area contributed by atoms with Gasteiger partial charge in [0.05, 0.1) is 11.6 Å². The lowest BCUT2D eigenvalue weighted by atomic mass is 10.1. The molecule has 1 unspecified atom stereocenters. The smallest absolute Gasteiger partial charge is 0.322 e. The molecule has 0 bridgehead atoms. The van der Waals surface area contributed by atoms with Gasteiger partial charge in [-0.05, 0) is 13.0 Å². The molecule has 0 saturated heterocycles. The van der Waals surface area contributed by atoms with Gasteiger partial charge in [0, 0.05) is 5.56 Å². The van der Waals surface area contributed by atoms with Crippen molar-refractivity contribution in [1.82, 2.24) is 10.2 Å². The van der Waals surface area contributed by atoms with Gasteiger partial charge in [0.25, 0.3) is 0 Å². The fraction of sp³-hybridized carbons (Fsp3) is 0.273. The zero-order valence-corrected chi connectivity index (χ0v) is 10.2. The van der Waals surface area contributed by atoms with Crippen molar-refractivity contribution in [3.63, 3.8) is 0 Å². The van der Waals surface area contributed by atoms with E-state index in [1.54, 1.807) is 6.92 Å². The summed E-state index contributed by atoms with van der Waals surface area (Å²) < 4.78 is 38.5. The lowest BCUT2D eigenvalue weighted by Crippen LogP contribution is -2.06. The fourth-order valence-corrected chi connectivity index (χ4v) is 2.28. The lowest BCUT2D eigenvalue weighted by molar-refractivity contribution is -0.137. The zero-order chi connectivity index (χ0) is 13.3. The monoisotopic (exact) mass is 273 g/mol. The Labute approximate surface area is 105 Å². The van der Waals surface area contributed by atoms with Gasteiger partial charge in [0.2, 0.25) is 0 Å². The standard InChI is InChI=1S/C11H10F3N3S/c1-6(15)9-16-17-10(18-9)7-4-2-3-5-8(7)11(12,13)14/h2-6H,15H2,1H3. The van der Waals surface area contributed by atoms with Crippen LogP contribution in [0.15, 0.2) is 24.3 Å². The molecule has 0 aliphatic rings. The maximum atomic E-state index is 12.8. The first-order valence-corrected chi connectivity index (χ1v) is 5.97. The van der Waals surface area contributed by atoms with Gasteiger partial charge in [-0.1, -0.05) is 29.5 Å². The van der Waals surface area contributed by atoms with Crippen molar-refractivity contribution in [3.8, 4) is 10.6 Å². The molecule has 3 nitrogen and oxygen atoms in total. The van der Waals surface area contributed by atoms with Crippen molar-refractivity contribution in [1.29, 1.82) is 0 Å². The molecule has 96 valence electrons. The Bertz CT molecular complexity index is 548. The molecule has 1 aromatic carbocycles. The molecule has 0 spiro atoms. The van der Waals surface area contributed by atoms with Crippen LogP contribution in [0.1, 0.15) is 23.5 Å². The van der Waals surface area contributed by atoms with Crippen LogP contribution in [0.2, 0.25) is 0 Å². The Morgan fingerprint density at radius 2 is 1.89 bits per heavy atom. The van der Waals surface area contributed by atoms with E-state index >= 15 is 0 Å². The molecular weight excluding hydrogens is 263 g/mol. The average molecular weight is 273 g/mol. The summed E-state index contributed by atoms with van der Waals surface area (Å²) in [6.45, 7) is 1.71. The molecule has 2 aromatic rings. The summed E-state index contributed by atoms with van der Waals surface area (Å²) in [6.07, 6.45) is -4.41. The number of halogens is 3. The normalized spacial score (nSPS) is 13.6. The van der Waals surface area contributed by atoms with Gasteiger partial charge in [0.15, 0.2) is 0 Å². The molecule has 1 atom stereocenters. The molecule has 2 rings (SSSR count). The fourth-order valence-electron chi connectivity index (χ4n) is 1.44. The van der Waals surface area contributed by atoms with E-state index in [1.165, 1.54) is 18.2 Å². The minimum atomic E-state index is -4.41. The maximum absolute atomic E-state index is 12.8. The van der Waals surface area contributed by atoms with Crippen molar-refractivity contribution < 1.29 is 13.2 Å². The Morgan fingerprint density at radius 1 is 1.22 bits per heavy atom. The van der Waals surface area contributed by atoms with Crippen LogP contribution in [0, 0.1) is 0 Å². The van der Waals surface area contributed by atoms with Crippen molar-refractivity contribution >= 4 is 11.3 Å². The Hall–Kier alpha value is -1.47. The molecular formula is C11H10F3N3S. The quantitative estimate of drug-likeness (QED) is 0.913. The van der Waals surface area contributed by atoms with Gasteiger partial charge in [0.1, 0.15) is 10.0 Å². The third-order valence-corrected chi connectivity index (χ3v) is 3.45. The van der Waals surface area contributed by atoms with E-state index in [1.807, 2.05) is 0 Å². The minimum absolute atomic E-state index is 0.0365. The zero-order valence-electron chi connectivity index (χ0n) is 9.40. The first-order valence-electron chi connectivity index (χ1n) is 5.15. The van der Waals surface area contributed by atoms with E-state index in [4.69, 9.17) is 5.73 Å². The molecule has 1 aromatic heterocycles. The van der Waals surface area contributed by atoms with Crippen molar-refractivity contribution in [2.45, 2.75) is 19.1 Å². The van der Waals surface area contributed by atoms with Crippen LogP contribution in [0.3, 0.4) is 0 Å². The van der Waals surface area contributed by atoms with Crippen molar-refractivity contribution in [2.75, 3.05) is 0 Å². The van der Waals surface area contributed by atoms with E-state index in [0.29, 0.717) is 5.01 Å². The summed E-state index contributed by atoms with van der Waals surface area (Å²) in [6, 6.07) is 4.96. The second kappa shape index (κ2) is 4.66. The van der Waals surface area contributed by atoms with Gasteiger partial charge in [-0.2, -0.15) is 13.2 Å². The van der Waals surface area contributed by atoms with Gasteiger partial charge in [-0.25, -0.2) is 0 Å². The van der Waals surface area contributed by atoms with E-state index in [9.17, 15) is 13.2 Å². The molecule has 0 fully saturated rings. The summed E-state index contributed by atoms with van der Waals surface area (Å²) in [7, 11) is 0. The molecule has 0 saturated carbocycles. The van der Waals surface area contributed by atoms with Crippen LogP contribution < -0.4 is 5.73 Å². The maximum Gasteiger partial charge on any atom is 0.417 e. The van der Waals surface area contributed by atoms with Crippen LogP contribution in [0.4, 0.5) is 13.2 Å². The largest absolute Gasteiger partial charge is 0.417 e. The Balaban J connectivity index is 2.50. The Kier molecular flexibility index (Phi) is 3.36. The average Bonchev–Trinajstić information content (AvgIpc) is 2.77. The van der Waals surface area contributed by atoms with Crippen LogP contribution in [-0.2, 0) is 6.18 Å². The second-order valence-electron chi connectivity index (χ2n) is 3.78. The second-order valence-corrected chi connectivity index (χ2v) is 4.79. The lowest BCUT2D eigenvalue weighted by Gasteiger charge is -2.09. The number of nitrogens with two attached hydrogens (primary N) is 1. The highest BCUT2D eigenvalue weighted by Gasteiger charge is 2.34. The van der Waals surface area contributed by atoms with E-state index < -0.39 is 11.7 Å². The van der Waals surface area contributed by atoms with E-state index in [2.05, 4.69) is 10.2 Å². The van der Waals surface area contributed by atoms with Gasteiger partial charge >= 0.3 is 6.18 Å². The molecule has 0 aliphatic carbocycles. The first kappa shape index (κ1) is 13.0. The molecule has 0 aliphatic heterocycles. The topological polar surface area (TPSA) is 51.8 Å². The number of hydrogen-bond donors (Lipinski definition) is 1. The first-order chi connectivity index (χ1) is 8.39. The predicted octanol–water partition coefficient (Wildman–Crippen LogP) is 3.24. The number of hydrogen-bond acceptors (Lipinski definition) is 4. The molecule has 0 amide bonds. The summed E-state index contributed by atoms with van der Waals surface area (Å²) in [4.78, 5) is 0. The SMILES string of the molecule is CC(N)c1nnc(-c2ccccc2C(F)(F)F)s1. The van der Waals surface area contributed by atoms with E-state index in [0.717, 1.165) is 17.4 Å². The van der Waals surface area contributed by atoms with Crippen molar-refractivity contribution in [2.24, 2.45) is 5.73 Å². The van der Waals surface area contributed by atoms with Gasteiger partial charge in [-0.3, -0.25) is 0 Å². The summed E-state index contributed by atoms with van der Waals surface area (Å²) in [5, 5.41) is 8.31. The third-order valence-electron chi connectivity index (χ3n) is 2.29. The van der Waals surface area contributed by atoms with Crippen LogP contribution in [-0.4, -0.2) is 10.2 Å². The summed E-state index contributed by atoms with van der Waals surface area (Å²) >= 11 is 1.08. The summed E-state index contributed by atoms with van der Waals surface area (Å²) in [5.74, 6) is 0. The highest BCUT2D eigenvalue weighted by molar-refractivity contribution is 7.14. The van der Waals surface area contributed by atoms with Crippen molar-refractivity contribution in [3.05, 3.63) is 34.8 Å². The molecule has 2 N–H and O–H groups in total. The molecule has 7 heteroatoms. The molecule has 0 radical (unpaired) electrons. The van der Waals surface area contributed by atoms with Crippen LogP contribution in [0.5, 0.6) is 0 Å². The molecule has 1 heterocycles. The van der Waals surface area contributed by atoms with E-state index in [-0.39, 0.29) is 16.6 Å². The van der Waals surface area contributed by atoms with Crippen LogP contribution >= 0.6 is 11.3 Å². The minimum Gasteiger partial charge on any atom is -0.322 e. The number of nitrogens with zero attached hydrogens (tertiary/aromatic N) is 2. The van der Waals surface area contributed by atoms with Crippen LogP contribution in [0.25, 0.3) is 10.6 Å². The highest BCUT2D eigenvalue weighted by atomic mass is 32.1.